The topological polar surface area (TPSA) is 106 Å². The van der Waals surface area contributed by atoms with Crippen LogP contribution in [0.15, 0.2) is 56.5 Å². The van der Waals surface area contributed by atoms with Gasteiger partial charge in [0.2, 0.25) is 0 Å². The number of nitro benzene ring substituents is 1. The van der Waals surface area contributed by atoms with Gasteiger partial charge >= 0.3 is 0 Å². The van der Waals surface area contributed by atoms with Gasteiger partial charge < -0.3 is 4.42 Å². The molecular weight excluding hydrogens is 466 g/mol. The predicted octanol–water partition coefficient (Wildman–Crippen LogP) is 4.00. The Hall–Kier alpha value is -3.07. The first-order chi connectivity index (χ1) is 14.9. The fraction of sp³-hybridized carbons (Fsp3) is 0.318. The van der Waals surface area contributed by atoms with Crippen molar-refractivity contribution in [3.63, 3.8) is 0 Å². The van der Waals surface area contributed by atoms with Gasteiger partial charge in [-0.2, -0.15) is 10.1 Å². The molecule has 2 heterocycles. The van der Waals surface area contributed by atoms with Crippen LogP contribution in [0.4, 0.5) is 5.69 Å². The lowest BCUT2D eigenvalue weighted by molar-refractivity contribution is -0.384. The van der Waals surface area contributed by atoms with Gasteiger partial charge in [-0.3, -0.25) is 19.7 Å². The number of allylic oxidation sites excluding steroid dienone is 2. The number of imide groups is 1. The quantitative estimate of drug-likeness (QED) is 0.215. The molecule has 3 fully saturated rings. The summed E-state index contributed by atoms with van der Waals surface area (Å²) in [5.74, 6) is 0.856. The largest absolute Gasteiger partial charge is 0.455 e. The number of furan rings is 1. The average molecular weight is 482 g/mol. The third-order valence-corrected chi connectivity index (χ3v) is 7.48. The highest BCUT2D eigenvalue weighted by Gasteiger charge is 2.67. The molecule has 2 aromatic rings. The Labute approximate surface area is 184 Å². The van der Waals surface area contributed by atoms with E-state index in [0.29, 0.717) is 33.4 Å². The van der Waals surface area contributed by atoms with Gasteiger partial charge in [0, 0.05) is 10.5 Å². The number of nitro groups is 1. The van der Waals surface area contributed by atoms with E-state index in [1.807, 2.05) is 0 Å². The van der Waals surface area contributed by atoms with Crippen molar-refractivity contribution in [2.24, 2.45) is 40.6 Å². The van der Waals surface area contributed by atoms with Gasteiger partial charge in [-0.05, 0) is 54.4 Å². The predicted molar refractivity (Wildman–Crippen MR) is 113 cm³/mol. The molecule has 1 aliphatic heterocycles. The summed E-state index contributed by atoms with van der Waals surface area (Å²) >= 11 is 3.23. The van der Waals surface area contributed by atoms with Crippen molar-refractivity contribution in [1.29, 1.82) is 0 Å². The van der Waals surface area contributed by atoms with E-state index < -0.39 is 4.92 Å². The Morgan fingerprint density at radius 3 is 2.42 bits per heavy atom. The molecule has 1 aromatic heterocycles. The molecule has 2 saturated carbocycles. The standard InChI is InChI=1S/C22H16BrN3O5/c23-10-1-3-14(17(7-10)26(29)30)18-6-2-11(31-18)9-24-25-21(27)19-12-4-5-13(16-8-15(12)16)20(19)22(25)28/h1-7,9,12-13,15-16,19-20H,8H2/b24-9-/t12-,13-,15-,16+,19-,20+/m0/s1. The molecule has 6 atom stereocenters. The van der Waals surface area contributed by atoms with E-state index in [9.17, 15) is 19.7 Å². The lowest BCUT2D eigenvalue weighted by atomic mass is 9.63. The maximum Gasteiger partial charge on any atom is 0.281 e. The number of hydrogen-bond donors (Lipinski definition) is 0. The number of benzene rings is 1. The van der Waals surface area contributed by atoms with Crippen molar-refractivity contribution < 1.29 is 18.9 Å². The highest BCUT2D eigenvalue weighted by Crippen LogP contribution is 2.65. The van der Waals surface area contributed by atoms with Crippen molar-refractivity contribution in [2.75, 3.05) is 0 Å². The Morgan fingerprint density at radius 2 is 1.77 bits per heavy atom. The molecule has 7 rings (SSSR count). The second-order valence-electron chi connectivity index (χ2n) is 8.51. The van der Waals surface area contributed by atoms with Crippen LogP contribution in [0.3, 0.4) is 0 Å². The first kappa shape index (κ1) is 18.7. The monoisotopic (exact) mass is 481 g/mol. The Bertz CT molecular complexity index is 1180. The first-order valence-electron chi connectivity index (χ1n) is 10.1. The smallest absolute Gasteiger partial charge is 0.281 e. The van der Waals surface area contributed by atoms with E-state index in [1.165, 1.54) is 12.3 Å². The summed E-state index contributed by atoms with van der Waals surface area (Å²) in [5.41, 5.74) is 0.233. The van der Waals surface area contributed by atoms with Crippen molar-refractivity contribution in [3.05, 3.63) is 62.8 Å². The van der Waals surface area contributed by atoms with Gasteiger partial charge in [-0.15, -0.1) is 0 Å². The zero-order chi connectivity index (χ0) is 21.4. The first-order valence-corrected chi connectivity index (χ1v) is 10.9. The van der Waals surface area contributed by atoms with Gasteiger partial charge in [0.1, 0.15) is 11.5 Å². The van der Waals surface area contributed by atoms with Gasteiger partial charge in [0.25, 0.3) is 17.5 Å². The van der Waals surface area contributed by atoms with Gasteiger partial charge in [-0.1, -0.05) is 28.1 Å². The molecule has 4 aliphatic carbocycles. The molecule has 0 radical (unpaired) electrons. The summed E-state index contributed by atoms with van der Waals surface area (Å²) in [7, 11) is 0. The highest BCUT2D eigenvalue weighted by atomic mass is 79.9. The number of amides is 2. The molecule has 0 spiro atoms. The molecule has 0 unspecified atom stereocenters. The van der Waals surface area contributed by atoms with E-state index in [-0.39, 0.29) is 41.2 Å². The SMILES string of the molecule is O=C1[C@@H]2[C@H]3C=C[C@@H]([C@@H]4C[C@H]34)[C@@H]2C(=O)N1/N=C\c1ccc(-c2ccc(Br)cc2[N+](=O)[O-])o1. The maximum atomic E-state index is 13.0. The highest BCUT2D eigenvalue weighted by molar-refractivity contribution is 9.10. The van der Waals surface area contributed by atoms with E-state index in [2.05, 4.69) is 33.2 Å². The number of hydrogen-bond acceptors (Lipinski definition) is 6. The molecule has 31 heavy (non-hydrogen) atoms. The van der Waals surface area contributed by atoms with Gasteiger partial charge in [0.15, 0.2) is 0 Å². The van der Waals surface area contributed by atoms with Crippen molar-refractivity contribution in [2.45, 2.75) is 6.42 Å². The van der Waals surface area contributed by atoms with Crippen molar-refractivity contribution in [1.82, 2.24) is 5.01 Å². The fourth-order valence-corrected chi connectivity index (χ4v) is 5.95. The van der Waals surface area contributed by atoms with E-state index in [4.69, 9.17) is 4.42 Å². The lowest BCUT2D eigenvalue weighted by Gasteiger charge is -2.37. The van der Waals surface area contributed by atoms with Crippen LogP contribution in [0, 0.1) is 45.6 Å². The number of halogens is 1. The number of nitrogens with zero attached hydrogens (tertiary/aromatic N) is 3. The summed E-state index contributed by atoms with van der Waals surface area (Å²) in [6, 6.07) is 7.89. The molecule has 5 aliphatic rings. The van der Waals surface area contributed by atoms with Crippen LogP contribution in [0.25, 0.3) is 11.3 Å². The van der Waals surface area contributed by atoms with Crippen LogP contribution >= 0.6 is 15.9 Å². The van der Waals surface area contributed by atoms with Crippen LogP contribution in [0.5, 0.6) is 0 Å². The van der Waals surface area contributed by atoms with Crippen molar-refractivity contribution >= 4 is 39.6 Å². The summed E-state index contributed by atoms with van der Waals surface area (Å²) in [6.45, 7) is 0. The second kappa shape index (κ2) is 6.46. The Balaban J connectivity index is 1.26. The maximum absolute atomic E-state index is 13.0. The van der Waals surface area contributed by atoms with Crippen LogP contribution in [-0.2, 0) is 9.59 Å². The molecule has 1 aromatic carbocycles. The average Bonchev–Trinajstić information content (AvgIpc) is 3.39. The van der Waals surface area contributed by atoms with Gasteiger partial charge in [0.05, 0.1) is 28.5 Å². The minimum atomic E-state index is -0.480. The molecule has 156 valence electrons. The number of hydrazone groups is 1. The summed E-state index contributed by atoms with van der Waals surface area (Å²) in [4.78, 5) is 36.8. The molecular formula is C22H16BrN3O5. The second-order valence-corrected chi connectivity index (χ2v) is 9.42. The molecule has 2 bridgehead atoms. The third-order valence-electron chi connectivity index (χ3n) is 6.99. The molecule has 8 nitrogen and oxygen atoms in total. The molecule has 2 amide bonds. The zero-order valence-electron chi connectivity index (χ0n) is 16.1. The fourth-order valence-electron chi connectivity index (χ4n) is 5.60. The van der Waals surface area contributed by atoms with E-state index in [0.717, 1.165) is 11.4 Å². The van der Waals surface area contributed by atoms with E-state index >= 15 is 0 Å². The molecule has 9 heteroatoms. The van der Waals surface area contributed by atoms with Crippen LogP contribution in [-0.4, -0.2) is 28.0 Å². The Kier molecular flexibility index (Phi) is 3.89. The third kappa shape index (κ3) is 2.69. The minimum absolute atomic E-state index is 0.0947. The zero-order valence-corrected chi connectivity index (χ0v) is 17.6. The Morgan fingerprint density at radius 1 is 1.10 bits per heavy atom. The van der Waals surface area contributed by atoms with Crippen LogP contribution in [0.2, 0.25) is 0 Å². The van der Waals surface area contributed by atoms with E-state index in [1.54, 1.807) is 24.3 Å². The molecule has 0 N–H and O–H groups in total. The summed E-state index contributed by atoms with van der Waals surface area (Å²) < 4.78 is 6.29. The number of carbonyl (C=O) groups is 2. The van der Waals surface area contributed by atoms with Crippen molar-refractivity contribution in [3.8, 4) is 11.3 Å². The number of rotatable bonds is 4. The normalized spacial score (nSPS) is 32.6. The lowest BCUT2D eigenvalue weighted by Crippen LogP contribution is -2.40. The van der Waals surface area contributed by atoms with Gasteiger partial charge in [-0.25, -0.2) is 0 Å². The summed E-state index contributed by atoms with van der Waals surface area (Å²) in [6.07, 6.45) is 6.65. The minimum Gasteiger partial charge on any atom is -0.455 e. The van der Waals surface area contributed by atoms with Crippen LogP contribution < -0.4 is 0 Å². The molecule has 1 saturated heterocycles. The summed E-state index contributed by atoms with van der Waals surface area (Å²) in [5, 5.41) is 16.5. The van der Waals surface area contributed by atoms with Crippen LogP contribution in [0.1, 0.15) is 12.2 Å². The number of carbonyl (C=O) groups excluding carboxylic acids is 2.